The van der Waals surface area contributed by atoms with Gasteiger partial charge in [0.1, 0.15) is 0 Å². The van der Waals surface area contributed by atoms with Crippen LogP contribution in [0, 0.1) is 5.41 Å². The molecule has 0 nitrogen and oxygen atoms in total. The number of hydrogen-bond acceptors (Lipinski definition) is 1. The van der Waals surface area contributed by atoms with Crippen molar-refractivity contribution in [3.05, 3.63) is 0 Å². The monoisotopic (exact) mass is 116 g/mol. The van der Waals surface area contributed by atoms with Gasteiger partial charge in [-0.25, -0.2) is 0 Å². The Morgan fingerprint density at radius 2 is 1.43 bits per heavy atom. The fraction of sp³-hybridized carbons (Fsp3) is 1.00. The highest BCUT2D eigenvalue weighted by atomic mass is 32.1. The van der Waals surface area contributed by atoms with Gasteiger partial charge in [-0.3, -0.25) is 0 Å². The quantitative estimate of drug-likeness (QED) is 0.460. The molecule has 0 aliphatic heterocycles. The van der Waals surface area contributed by atoms with E-state index in [0.29, 0.717) is 10.2 Å². The van der Waals surface area contributed by atoms with Crippen LogP contribution in [-0.2, 0) is 0 Å². The van der Waals surface area contributed by atoms with E-state index in [0.717, 1.165) is 0 Å². The van der Waals surface area contributed by atoms with E-state index < -0.39 is 0 Å². The molecule has 0 aromatic carbocycles. The smallest absolute Gasteiger partial charge is 0.0158 e. The second-order valence-corrected chi connectivity index (χ2v) is 4.32. The van der Waals surface area contributed by atoms with Crippen LogP contribution in [0.4, 0.5) is 0 Å². The summed E-state index contributed by atoms with van der Waals surface area (Å²) in [5.74, 6) is 0. The minimum Gasteiger partial charge on any atom is -0.172 e. The van der Waals surface area contributed by atoms with Crippen molar-refractivity contribution in [2.24, 2.45) is 5.41 Å². The highest BCUT2D eigenvalue weighted by Crippen LogP contribution is 2.59. The Bertz CT molecular complexity index is 80.4. The predicted molar refractivity (Wildman–Crippen MR) is 35.8 cm³/mol. The van der Waals surface area contributed by atoms with Gasteiger partial charge in [-0.05, 0) is 11.8 Å². The van der Waals surface area contributed by atoms with Crippen molar-refractivity contribution < 1.29 is 0 Å². The Kier molecular flexibility index (Phi) is 0.799. The van der Waals surface area contributed by atoms with Crippen LogP contribution in [0.1, 0.15) is 27.2 Å². The molecule has 0 aromatic rings. The van der Waals surface area contributed by atoms with Crippen molar-refractivity contribution in [2.45, 2.75) is 31.9 Å². The van der Waals surface area contributed by atoms with Gasteiger partial charge in [0.25, 0.3) is 0 Å². The molecule has 1 atom stereocenters. The lowest BCUT2D eigenvalue weighted by Crippen LogP contribution is -1.99. The van der Waals surface area contributed by atoms with Gasteiger partial charge >= 0.3 is 0 Å². The minimum absolute atomic E-state index is 0.340. The van der Waals surface area contributed by atoms with E-state index in [-0.39, 0.29) is 0 Å². The molecule has 7 heavy (non-hydrogen) atoms. The Balaban J connectivity index is 2.59. The second-order valence-electron chi connectivity index (χ2n) is 3.33. The summed E-state index contributed by atoms with van der Waals surface area (Å²) in [4.78, 5) is 0. The third-order valence-corrected chi connectivity index (χ3v) is 2.88. The van der Waals surface area contributed by atoms with Gasteiger partial charge in [0.2, 0.25) is 0 Å². The molecule has 0 bridgehead atoms. The molecule has 0 heterocycles. The number of thiol groups is 1. The molecular formula is C6H12S. The fourth-order valence-electron chi connectivity index (χ4n) is 0.816. The van der Waals surface area contributed by atoms with E-state index >= 15 is 0 Å². The molecule has 1 unspecified atom stereocenters. The van der Waals surface area contributed by atoms with Crippen LogP contribution in [0.25, 0.3) is 0 Å². The molecule has 1 fully saturated rings. The highest BCUT2D eigenvalue weighted by molar-refractivity contribution is 7.82. The Hall–Kier alpha value is 0.350. The normalized spacial score (nSPS) is 46.3. The third kappa shape index (κ3) is 0.674. The van der Waals surface area contributed by atoms with Gasteiger partial charge in [0.15, 0.2) is 0 Å². The molecule has 0 spiro atoms. The van der Waals surface area contributed by atoms with Crippen LogP contribution in [0.3, 0.4) is 0 Å². The summed E-state index contributed by atoms with van der Waals surface area (Å²) in [6, 6.07) is 0. The van der Waals surface area contributed by atoms with Gasteiger partial charge in [-0.1, -0.05) is 20.8 Å². The molecule has 1 aliphatic rings. The first-order valence-electron chi connectivity index (χ1n) is 2.68. The molecule has 1 saturated carbocycles. The maximum atomic E-state index is 4.41. The largest absolute Gasteiger partial charge is 0.172 e. The lowest BCUT2D eigenvalue weighted by Gasteiger charge is -2.03. The molecular weight excluding hydrogens is 104 g/mol. The van der Waals surface area contributed by atoms with Gasteiger partial charge in [-0.15, -0.1) is 0 Å². The van der Waals surface area contributed by atoms with E-state index in [4.69, 9.17) is 0 Å². The zero-order valence-electron chi connectivity index (χ0n) is 5.15. The lowest BCUT2D eigenvalue weighted by molar-refractivity contribution is 0.609. The second kappa shape index (κ2) is 1.02. The average molecular weight is 116 g/mol. The molecule has 0 aromatic heterocycles. The molecule has 1 rings (SSSR count). The third-order valence-electron chi connectivity index (χ3n) is 2.12. The summed E-state index contributed by atoms with van der Waals surface area (Å²) in [7, 11) is 0. The van der Waals surface area contributed by atoms with E-state index in [1.807, 2.05) is 0 Å². The zero-order chi connectivity index (χ0) is 5.71. The fourth-order valence-corrected chi connectivity index (χ4v) is 1.21. The topological polar surface area (TPSA) is 0 Å². The highest BCUT2D eigenvalue weighted by Gasteiger charge is 2.54. The Morgan fingerprint density at radius 3 is 1.43 bits per heavy atom. The average Bonchev–Trinajstić information content (AvgIpc) is 1.63. The lowest BCUT2D eigenvalue weighted by atomic mass is 10.1. The van der Waals surface area contributed by atoms with Crippen LogP contribution in [-0.4, -0.2) is 4.75 Å². The molecule has 0 N–H and O–H groups in total. The van der Waals surface area contributed by atoms with E-state index in [1.54, 1.807) is 0 Å². The summed E-state index contributed by atoms with van der Waals surface area (Å²) in [5.41, 5.74) is 0.510. The Morgan fingerprint density at radius 1 is 1.29 bits per heavy atom. The summed E-state index contributed by atoms with van der Waals surface area (Å²) < 4.78 is 0.340. The first-order valence-corrected chi connectivity index (χ1v) is 3.13. The number of hydrogen-bond donors (Lipinski definition) is 1. The molecule has 0 radical (unpaired) electrons. The maximum absolute atomic E-state index is 4.41. The van der Waals surface area contributed by atoms with Crippen LogP contribution < -0.4 is 0 Å². The minimum atomic E-state index is 0.340. The van der Waals surface area contributed by atoms with Gasteiger partial charge in [0.05, 0.1) is 0 Å². The van der Waals surface area contributed by atoms with E-state index in [1.165, 1.54) is 6.42 Å². The van der Waals surface area contributed by atoms with Gasteiger partial charge in [0, 0.05) is 4.75 Å². The first kappa shape index (κ1) is 5.49. The van der Waals surface area contributed by atoms with E-state index in [9.17, 15) is 0 Å². The van der Waals surface area contributed by atoms with Crippen molar-refractivity contribution in [2.75, 3.05) is 0 Å². The molecule has 1 heteroatoms. The predicted octanol–water partition coefficient (Wildman–Crippen LogP) is 2.10. The Labute approximate surface area is 50.7 Å². The summed E-state index contributed by atoms with van der Waals surface area (Å²) in [6.07, 6.45) is 1.27. The summed E-state index contributed by atoms with van der Waals surface area (Å²) >= 11 is 4.41. The van der Waals surface area contributed by atoms with E-state index in [2.05, 4.69) is 33.4 Å². The number of rotatable bonds is 0. The zero-order valence-corrected chi connectivity index (χ0v) is 6.05. The maximum Gasteiger partial charge on any atom is 0.0158 e. The molecule has 42 valence electrons. The summed E-state index contributed by atoms with van der Waals surface area (Å²) in [5, 5.41) is 0. The van der Waals surface area contributed by atoms with Crippen LogP contribution in [0.5, 0.6) is 0 Å². The van der Waals surface area contributed by atoms with Crippen molar-refractivity contribution in [3.8, 4) is 0 Å². The molecule has 0 saturated heterocycles. The molecule has 1 aliphatic carbocycles. The van der Waals surface area contributed by atoms with Crippen LogP contribution in [0.15, 0.2) is 0 Å². The first-order chi connectivity index (χ1) is 2.96. The SMILES string of the molecule is CC1(C)CC1(C)S. The van der Waals surface area contributed by atoms with Gasteiger partial charge in [-0.2, -0.15) is 12.6 Å². The molecule has 0 amide bonds. The van der Waals surface area contributed by atoms with Crippen molar-refractivity contribution >= 4 is 12.6 Å². The van der Waals surface area contributed by atoms with Crippen LogP contribution >= 0.6 is 12.6 Å². The van der Waals surface area contributed by atoms with Crippen molar-refractivity contribution in [3.63, 3.8) is 0 Å². The standard InChI is InChI=1S/C6H12S/c1-5(2)4-6(5,3)7/h7H,4H2,1-3H3. The van der Waals surface area contributed by atoms with Crippen LogP contribution in [0.2, 0.25) is 0 Å². The van der Waals surface area contributed by atoms with Crippen molar-refractivity contribution in [1.29, 1.82) is 0 Å². The van der Waals surface area contributed by atoms with Gasteiger partial charge < -0.3 is 0 Å². The summed E-state index contributed by atoms with van der Waals surface area (Å²) in [6.45, 7) is 6.69. The van der Waals surface area contributed by atoms with Crippen molar-refractivity contribution in [1.82, 2.24) is 0 Å².